The van der Waals surface area contributed by atoms with Crippen LogP contribution in [0.5, 0.6) is 11.5 Å². The van der Waals surface area contributed by atoms with Crippen molar-refractivity contribution in [3.8, 4) is 11.5 Å². The maximum Gasteiger partial charge on any atom is 0.270 e. The topological polar surface area (TPSA) is 61.6 Å². The lowest BCUT2D eigenvalue weighted by Gasteiger charge is -2.10. The zero-order chi connectivity index (χ0) is 14.5. The minimum atomic E-state index is -0.442. The summed E-state index contributed by atoms with van der Waals surface area (Å²) in [6, 6.07) is 11.8. The van der Waals surface area contributed by atoms with Crippen LogP contribution in [-0.2, 0) is 6.61 Å². The Kier molecular flexibility index (Phi) is 4.57. The van der Waals surface area contributed by atoms with E-state index in [9.17, 15) is 10.1 Å². The molecule has 0 aliphatic carbocycles. The number of non-ortho nitro benzene ring substituents is 1. The summed E-state index contributed by atoms with van der Waals surface area (Å²) in [4.78, 5) is 10.3. The Morgan fingerprint density at radius 2 is 2.05 bits per heavy atom. The number of nitro groups is 1. The first-order chi connectivity index (χ1) is 9.60. The van der Waals surface area contributed by atoms with Gasteiger partial charge in [0.15, 0.2) is 0 Å². The third-order valence-electron chi connectivity index (χ3n) is 2.67. The molecule has 0 bridgehead atoms. The second-order valence-electron chi connectivity index (χ2n) is 4.00. The van der Waals surface area contributed by atoms with Gasteiger partial charge in [0.25, 0.3) is 5.69 Å². The lowest BCUT2D eigenvalue weighted by atomic mass is 10.2. The summed E-state index contributed by atoms with van der Waals surface area (Å²) in [6.45, 7) is 0.196. The van der Waals surface area contributed by atoms with Gasteiger partial charge in [-0.2, -0.15) is 0 Å². The van der Waals surface area contributed by atoms with Crippen LogP contribution in [0.3, 0.4) is 0 Å². The molecule has 0 saturated carbocycles. The smallest absolute Gasteiger partial charge is 0.270 e. The number of halogens is 1. The van der Waals surface area contributed by atoms with Crippen LogP contribution in [-0.4, -0.2) is 12.0 Å². The molecule has 0 saturated heterocycles. The highest BCUT2D eigenvalue weighted by Gasteiger charge is 2.11. The van der Waals surface area contributed by atoms with E-state index >= 15 is 0 Å². The molecule has 0 spiro atoms. The first-order valence-corrected chi connectivity index (χ1v) is 6.59. The quantitative estimate of drug-likeness (QED) is 0.612. The van der Waals surface area contributed by atoms with Gasteiger partial charge in [-0.15, -0.1) is 0 Å². The first-order valence-electron chi connectivity index (χ1n) is 5.80. The van der Waals surface area contributed by atoms with Crippen molar-refractivity contribution in [2.75, 3.05) is 7.11 Å². The molecule has 2 rings (SSSR count). The Morgan fingerprint density at radius 3 is 2.70 bits per heavy atom. The number of hydrogen-bond acceptors (Lipinski definition) is 4. The molecule has 6 heteroatoms. The molecule has 0 unspecified atom stereocenters. The second-order valence-corrected chi connectivity index (χ2v) is 4.91. The number of nitro benzene ring substituents is 1. The minimum Gasteiger partial charge on any atom is -0.496 e. The van der Waals surface area contributed by atoms with Gasteiger partial charge in [0, 0.05) is 22.2 Å². The van der Waals surface area contributed by atoms with E-state index in [4.69, 9.17) is 9.47 Å². The highest BCUT2D eigenvalue weighted by Crippen LogP contribution is 2.26. The molecule has 0 aliphatic heterocycles. The maximum absolute atomic E-state index is 10.8. The van der Waals surface area contributed by atoms with E-state index in [0.29, 0.717) is 17.1 Å². The summed E-state index contributed by atoms with van der Waals surface area (Å²) < 4.78 is 11.7. The lowest BCUT2D eigenvalue weighted by Crippen LogP contribution is -2.00. The molecule has 0 radical (unpaired) electrons. The number of hydrogen-bond donors (Lipinski definition) is 0. The van der Waals surface area contributed by atoms with Crippen molar-refractivity contribution in [3.63, 3.8) is 0 Å². The number of rotatable bonds is 5. The maximum atomic E-state index is 10.8. The fourth-order valence-electron chi connectivity index (χ4n) is 1.71. The van der Waals surface area contributed by atoms with E-state index < -0.39 is 4.92 Å². The summed E-state index contributed by atoms with van der Waals surface area (Å²) >= 11 is 3.35. The summed E-state index contributed by atoms with van der Waals surface area (Å²) in [5, 5.41) is 10.8. The fraction of sp³-hybridized carbons (Fsp3) is 0.143. The first kappa shape index (κ1) is 14.3. The summed E-state index contributed by atoms with van der Waals surface area (Å²) in [6.07, 6.45) is 0. The Bertz CT molecular complexity index is 630. The van der Waals surface area contributed by atoms with Crippen LogP contribution in [0.15, 0.2) is 46.9 Å². The lowest BCUT2D eigenvalue weighted by molar-refractivity contribution is -0.385. The molecule has 5 nitrogen and oxygen atoms in total. The van der Waals surface area contributed by atoms with Crippen molar-refractivity contribution >= 4 is 21.6 Å². The number of methoxy groups -OCH3 is 1. The van der Waals surface area contributed by atoms with Crippen LogP contribution >= 0.6 is 15.9 Å². The molecule has 0 fully saturated rings. The van der Waals surface area contributed by atoms with E-state index in [1.165, 1.54) is 19.2 Å². The molecule has 2 aromatic rings. The van der Waals surface area contributed by atoms with Gasteiger partial charge in [-0.1, -0.05) is 22.0 Å². The molecule has 0 amide bonds. The Morgan fingerprint density at radius 1 is 1.25 bits per heavy atom. The SMILES string of the molecule is COc1ccc([N+](=O)[O-])cc1COc1cccc(Br)c1. The van der Waals surface area contributed by atoms with Gasteiger partial charge in [0.2, 0.25) is 0 Å². The Balaban J connectivity index is 2.19. The van der Waals surface area contributed by atoms with E-state index in [1.54, 1.807) is 6.07 Å². The van der Waals surface area contributed by atoms with Gasteiger partial charge < -0.3 is 9.47 Å². The second kappa shape index (κ2) is 6.38. The Labute approximate surface area is 124 Å². The highest BCUT2D eigenvalue weighted by atomic mass is 79.9. The van der Waals surface area contributed by atoms with Gasteiger partial charge in [0.1, 0.15) is 18.1 Å². The number of benzene rings is 2. The van der Waals surface area contributed by atoms with Gasteiger partial charge in [-0.25, -0.2) is 0 Å². The van der Waals surface area contributed by atoms with Gasteiger partial charge in [-0.3, -0.25) is 10.1 Å². The third-order valence-corrected chi connectivity index (χ3v) is 3.16. The van der Waals surface area contributed by atoms with E-state index in [-0.39, 0.29) is 12.3 Å². The van der Waals surface area contributed by atoms with Crippen LogP contribution < -0.4 is 9.47 Å². The van der Waals surface area contributed by atoms with Crippen molar-refractivity contribution in [2.24, 2.45) is 0 Å². The van der Waals surface area contributed by atoms with Crippen LogP contribution in [0.4, 0.5) is 5.69 Å². The van der Waals surface area contributed by atoms with Crippen LogP contribution in [0.1, 0.15) is 5.56 Å². The monoisotopic (exact) mass is 337 g/mol. The molecule has 104 valence electrons. The predicted octanol–water partition coefficient (Wildman–Crippen LogP) is 3.94. The van der Waals surface area contributed by atoms with Crippen molar-refractivity contribution in [1.29, 1.82) is 0 Å². The molecule has 20 heavy (non-hydrogen) atoms. The average molecular weight is 338 g/mol. The molecular formula is C14H12BrNO4. The van der Waals surface area contributed by atoms with Crippen molar-refractivity contribution in [3.05, 3.63) is 62.6 Å². The molecule has 2 aromatic carbocycles. The molecule has 0 atom stereocenters. The Hall–Kier alpha value is -2.08. The highest BCUT2D eigenvalue weighted by molar-refractivity contribution is 9.10. The van der Waals surface area contributed by atoms with Gasteiger partial charge in [0.05, 0.1) is 12.0 Å². The zero-order valence-electron chi connectivity index (χ0n) is 10.7. The molecule has 0 aliphatic rings. The molecule has 0 aromatic heterocycles. The summed E-state index contributed by atoms with van der Waals surface area (Å²) in [5.74, 6) is 1.23. The van der Waals surface area contributed by atoms with Crippen LogP contribution in [0.2, 0.25) is 0 Å². The normalized spacial score (nSPS) is 10.1. The van der Waals surface area contributed by atoms with E-state index in [0.717, 1.165) is 4.47 Å². The fourth-order valence-corrected chi connectivity index (χ4v) is 2.09. The van der Waals surface area contributed by atoms with E-state index in [1.807, 2.05) is 24.3 Å². The van der Waals surface area contributed by atoms with Crippen molar-refractivity contribution in [2.45, 2.75) is 6.61 Å². The molecule has 0 N–H and O–H groups in total. The minimum absolute atomic E-state index is 0.0126. The average Bonchev–Trinajstić information content (AvgIpc) is 2.44. The largest absolute Gasteiger partial charge is 0.496 e. The van der Waals surface area contributed by atoms with Crippen LogP contribution in [0.25, 0.3) is 0 Å². The van der Waals surface area contributed by atoms with Crippen molar-refractivity contribution < 1.29 is 14.4 Å². The predicted molar refractivity (Wildman–Crippen MR) is 78.1 cm³/mol. The number of ether oxygens (including phenoxy) is 2. The summed E-state index contributed by atoms with van der Waals surface area (Å²) in [7, 11) is 1.52. The zero-order valence-corrected chi connectivity index (χ0v) is 12.3. The molecule has 0 heterocycles. The number of nitrogens with zero attached hydrogens (tertiary/aromatic N) is 1. The van der Waals surface area contributed by atoms with E-state index in [2.05, 4.69) is 15.9 Å². The van der Waals surface area contributed by atoms with Gasteiger partial charge in [-0.05, 0) is 24.3 Å². The standard InChI is InChI=1S/C14H12BrNO4/c1-19-14-6-5-12(16(17)18)7-10(14)9-20-13-4-2-3-11(15)8-13/h2-8H,9H2,1H3. The summed E-state index contributed by atoms with van der Waals surface area (Å²) in [5.41, 5.74) is 0.639. The van der Waals surface area contributed by atoms with Gasteiger partial charge >= 0.3 is 0 Å². The molecular weight excluding hydrogens is 326 g/mol. The van der Waals surface area contributed by atoms with Crippen LogP contribution in [0, 0.1) is 10.1 Å². The third kappa shape index (κ3) is 3.48. The van der Waals surface area contributed by atoms with Crippen molar-refractivity contribution in [1.82, 2.24) is 0 Å².